The van der Waals surface area contributed by atoms with Crippen molar-refractivity contribution >= 4 is 10.9 Å². The van der Waals surface area contributed by atoms with E-state index in [1.165, 1.54) is 22.1 Å². The number of aryl methyl sites for hydroxylation is 1. The topological polar surface area (TPSA) is 51.8 Å². The summed E-state index contributed by atoms with van der Waals surface area (Å²) < 4.78 is 0. The van der Waals surface area contributed by atoms with Crippen molar-refractivity contribution < 1.29 is 0 Å². The number of pyridine rings is 2. The van der Waals surface area contributed by atoms with Gasteiger partial charge in [-0.25, -0.2) is 0 Å². The Bertz CT molecular complexity index is 747. The molecule has 1 unspecified atom stereocenters. The van der Waals surface area contributed by atoms with E-state index < -0.39 is 0 Å². The summed E-state index contributed by atoms with van der Waals surface area (Å²) in [6.07, 6.45) is 7.35. The Kier molecular flexibility index (Phi) is 3.93. The number of nitrogens with zero attached hydrogens (tertiary/aromatic N) is 2. The van der Waals surface area contributed by atoms with Crippen LogP contribution in [0.3, 0.4) is 0 Å². The maximum Gasteiger partial charge on any atom is 0.0704 e. The minimum Gasteiger partial charge on any atom is -0.324 e. The molecule has 21 heavy (non-hydrogen) atoms. The predicted octanol–water partition coefficient (Wildman–Crippen LogP) is 3.43. The number of hydrogen-bond acceptors (Lipinski definition) is 3. The quantitative estimate of drug-likeness (QED) is 0.795. The Morgan fingerprint density at radius 1 is 1.05 bits per heavy atom. The third-order valence-electron chi connectivity index (χ3n) is 3.90. The van der Waals surface area contributed by atoms with Crippen LogP contribution in [0.25, 0.3) is 10.9 Å². The van der Waals surface area contributed by atoms with Gasteiger partial charge in [-0.05, 0) is 47.7 Å². The molecule has 2 aromatic heterocycles. The fourth-order valence-corrected chi connectivity index (χ4v) is 2.78. The van der Waals surface area contributed by atoms with E-state index in [4.69, 9.17) is 5.73 Å². The highest BCUT2D eigenvalue weighted by Crippen LogP contribution is 2.23. The van der Waals surface area contributed by atoms with Crippen molar-refractivity contribution in [3.05, 3.63) is 71.7 Å². The van der Waals surface area contributed by atoms with Gasteiger partial charge in [0, 0.05) is 30.0 Å². The molecule has 0 fully saturated rings. The standard InChI is InChI=1S/C18H19N3/c1-2-13-12-20-9-8-15(13)17(19)11-14-7-10-21-18-6-4-3-5-16(14)18/h3-10,12,17H,2,11,19H2,1H3. The van der Waals surface area contributed by atoms with E-state index in [0.29, 0.717) is 0 Å². The highest BCUT2D eigenvalue weighted by molar-refractivity contribution is 5.81. The lowest BCUT2D eigenvalue weighted by Gasteiger charge is -2.16. The Hall–Kier alpha value is -2.26. The van der Waals surface area contributed by atoms with Gasteiger partial charge in [0.15, 0.2) is 0 Å². The number of hydrogen-bond donors (Lipinski definition) is 1. The third-order valence-corrected chi connectivity index (χ3v) is 3.90. The van der Waals surface area contributed by atoms with E-state index >= 15 is 0 Å². The van der Waals surface area contributed by atoms with Crippen LogP contribution in [-0.4, -0.2) is 9.97 Å². The van der Waals surface area contributed by atoms with Gasteiger partial charge in [-0.2, -0.15) is 0 Å². The molecule has 0 aliphatic carbocycles. The molecule has 2 heterocycles. The third kappa shape index (κ3) is 2.78. The molecule has 1 atom stereocenters. The molecule has 0 bridgehead atoms. The van der Waals surface area contributed by atoms with Crippen molar-refractivity contribution in [1.29, 1.82) is 0 Å². The Labute approximate surface area is 124 Å². The average molecular weight is 277 g/mol. The van der Waals surface area contributed by atoms with E-state index in [1.54, 1.807) is 0 Å². The summed E-state index contributed by atoms with van der Waals surface area (Å²) in [7, 11) is 0. The summed E-state index contributed by atoms with van der Waals surface area (Å²) in [5.41, 5.74) is 11.1. The Balaban J connectivity index is 1.95. The molecule has 1 aromatic carbocycles. The fraction of sp³-hybridized carbons (Fsp3) is 0.222. The van der Waals surface area contributed by atoms with Gasteiger partial charge in [0.25, 0.3) is 0 Å². The van der Waals surface area contributed by atoms with Crippen molar-refractivity contribution in [3.8, 4) is 0 Å². The Morgan fingerprint density at radius 2 is 1.90 bits per heavy atom. The van der Waals surface area contributed by atoms with Crippen LogP contribution in [0.15, 0.2) is 55.0 Å². The minimum atomic E-state index is -0.0197. The number of nitrogens with two attached hydrogens (primary N) is 1. The highest BCUT2D eigenvalue weighted by atomic mass is 14.7. The summed E-state index contributed by atoms with van der Waals surface area (Å²) in [5.74, 6) is 0. The SMILES string of the molecule is CCc1cnccc1C(N)Cc1ccnc2ccccc12. The highest BCUT2D eigenvalue weighted by Gasteiger charge is 2.12. The normalized spacial score (nSPS) is 12.5. The van der Waals surface area contributed by atoms with E-state index in [0.717, 1.165) is 18.4 Å². The summed E-state index contributed by atoms with van der Waals surface area (Å²) in [6, 6.07) is 12.3. The summed E-state index contributed by atoms with van der Waals surface area (Å²) >= 11 is 0. The van der Waals surface area contributed by atoms with Crippen LogP contribution in [-0.2, 0) is 12.8 Å². The smallest absolute Gasteiger partial charge is 0.0704 e. The first-order chi connectivity index (χ1) is 10.3. The van der Waals surface area contributed by atoms with E-state index in [1.807, 2.05) is 42.9 Å². The second kappa shape index (κ2) is 6.02. The summed E-state index contributed by atoms with van der Waals surface area (Å²) in [4.78, 5) is 8.59. The number of aromatic nitrogens is 2. The van der Waals surface area contributed by atoms with Gasteiger partial charge < -0.3 is 5.73 Å². The molecule has 3 heteroatoms. The van der Waals surface area contributed by atoms with Crippen LogP contribution in [0.1, 0.15) is 29.7 Å². The molecule has 0 amide bonds. The van der Waals surface area contributed by atoms with Gasteiger partial charge in [-0.3, -0.25) is 9.97 Å². The van der Waals surface area contributed by atoms with Crippen LogP contribution < -0.4 is 5.73 Å². The van der Waals surface area contributed by atoms with Crippen LogP contribution >= 0.6 is 0 Å². The van der Waals surface area contributed by atoms with Crippen LogP contribution in [0.5, 0.6) is 0 Å². The molecule has 0 radical (unpaired) electrons. The second-order valence-electron chi connectivity index (χ2n) is 5.23. The van der Waals surface area contributed by atoms with E-state index in [2.05, 4.69) is 29.0 Å². The summed E-state index contributed by atoms with van der Waals surface area (Å²) in [5, 5.41) is 1.18. The molecule has 0 aliphatic rings. The average Bonchev–Trinajstić information content (AvgIpc) is 2.55. The van der Waals surface area contributed by atoms with Crippen molar-refractivity contribution in [2.75, 3.05) is 0 Å². The van der Waals surface area contributed by atoms with Gasteiger partial charge in [0.2, 0.25) is 0 Å². The fourth-order valence-electron chi connectivity index (χ4n) is 2.78. The molecule has 106 valence electrons. The first-order valence-electron chi connectivity index (χ1n) is 7.30. The number of para-hydroxylation sites is 1. The molecule has 0 spiro atoms. The lowest BCUT2D eigenvalue weighted by Crippen LogP contribution is -2.15. The first kappa shape index (κ1) is 13.7. The lowest BCUT2D eigenvalue weighted by atomic mass is 9.94. The summed E-state index contributed by atoms with van der Waals surface area (Å²) in [6.45, 7) is 2.13. The predicted molar refractivity (Wildman–Crippen MR) is 86.0 cm³/mol. The monoisotopic (exact) mass is 277 g/mol. The minimum absolute atomic E-state index is 0.0197. The van der Waals surface area contributed by atoms with Crippen molar-refractivity contribution in [2.24, 2.45) is 5.73 Å². The van der Waals surface area contributed by atoms with Crippen molar-refractivity contribution in [1.82, 2.24) is 9.97 Å². The zero-order chi connectivity index (χ0) is 14.7. The zero-order valence-electron chi connectivity index (χ0n) is 12.2. The maximum atomic E-state index is 6.45. The zero-order valence-corrected chi connectivity index (χ0v) is 12.2. The molecule has 0 saturated carbocycles. The molecule has 3 nitrogen and oxygen atoms in total. The van der Waals surface area contributed by atoms with Gasteiger partial charge >= 0.3 is 0 Å². The van der Waals surface area contributed by atoms with Crippen LogP contribution in [0.4, 0.5) is 0 Å². The maximum absolute atomic E-state index is 6.45. The van der Waals surface area contributed by atoms with E-state index in [9.17, 15) is 0 Å². The lowest BCUT2D eigenvalue weighted by molar-refractivity contribution is 0.712. The first-order valence-corrected chi connectivity index (χ1v) is 7.30. The molecule has 3 rings (SSSR count). The Morgan fingerprint density at radius 3 is 2.76 bits per heavy atom. The second-order valence-corrected chi connectivity index (χ2v) is 5.23. The van der Waals surface area contributed by atoms with Crippen LogP contribution in [0, 0.1) is 0 Å². The molecule has 0 saturated heterocycles. The van der Waals surface area contributed by atoms with Crippen LogP contribution in [0.2, 0.25) is 0 Å². The van der Waals surface area contributed by atoms with Crippen molar-refractivity contribution in [2.45, 2.75) is 25.8 Å². The number of fused-ring (bicyclic) bond motifs is 1. The largest absolute Gasteiger partial charge is 0.324 e. The molecule has 0 aliphatic heterocycles. The molecular weight excluding hydrogens is 258 g/mol. The van der Waals surface area contributed by atoms with Gasteiger partial charge in [-0.1, -0.05) is 25.1 Å². The van der Waals surface area contributed by atoms with E-state index in [-0.39, 0.29) is 6.04 Å². The number of rotatable bonds is 4. The van der Waals surface area contributed by atoms with Gasteiger partial charge in [-0.15, -0.1) is 0 Å². The van der Waals surface area contributed by atoms with Gasteiger partial charge in [0.1, 0.15) is 0 Å². The molecular formula is C18H19N3. The van der Waals surface area contributed by atoms with Crippen molar-refractivity contribution in [3.63, 3.8) is 0 Å². The number of benzene rings is 1. The molecule has 3 aromatic rings. The van der Waals surface area contributed by atoms with Gasteiger partial charge in [0.05, 0.1) is 5.52 Å². The molecule has 2 N–H and O–H groups in total.